The molecule has 2 heterocycles. The summed E-state index contributed by atoms with van der Waals surface area (Å²) < 4.78 is 44.3. The first-order valence-corrected chi connectivity index (χ1v) is 10.7. The van der Waals surface area contributed by atoms with Gasteiger partial charge in [-0.2, -0.15) is 0 Å². The number of methoxy groups -OCH3 is 1. The van der Waals surface area contributed by atoms with Crippen LogP contribution in [0, 0.1) is 12.7 Å². The number of ether oxygens (including phenoxy) is 1. The zero-order valence-corrected chi connectivity index (χ0v) is 16.7. The van der Waals surface area contributed by atoms with Crippen molar-refractivity contribution in [1.82, 2.24) is 14.5 Å². The highest BCUT2D eigenvalue weighted by atomic mass is 32.2. The van der Waals surface area contributed by atoms with Crippen LogP contribution in [0.4, 0.5) is 4.39 Å². The number of aryl methyl sites for hydroxylation is 1. The molecule has 2 aliphatic heterocycles. The first-order chi connectivity index (χ1) is 13.2. The molecular weight excluding hydrogens is 389 g/mol. The molecule has 0 radical (unpaired) electrons. The number of fused-ring (bicyclic) bond motifs is 1. The van der Waals surface area contributed by atoms with E-state index in [-0.39, 0.29) is 37.1 Å². The number of hydrogen-bond acceptors (Lipinski definition) is 6. The average molecular weight is 413 g/mol. The van der Waals surface area contributed by atoms with Crippen LogP contribution in [0.15, 0.2) is 18.2 Å². The summed E-state index contributed by atoms with van der Waals surface area (Å²) in [4.78, 5) is 27.0. The number of carbonyl (C=O) groups is 2. The quantitative estimate of drug-likeness (QED) is 0.737. The van der Waals surface area contributed by atoms with Crippen molar-refractivity contribution in [2.75, 3.05) is 39.1 Å². The zero-order chi connectivity index (χ0) is 20.5. The molecule has 0 bridgehead atoms. The molecule has 3 rings (SSSR count). The second-order valence-electron chi connectivity index (χ2n) is 7.10. The molecule has 1 aromatic rings. The molecular formula is C18H24FN3O5S. The van der Waals surface area contributed by atoms with Crippen molar-refractivity contribution in [3.63, 3.8) is 0 Å². The minimum Gasteiger partial charge on any atom is -0.383 e. The van der Waals surface area contributed by atoms with Crippen molar-refractivity contribution < 1.29 is 27.1 Å². The van der Waals surface area contributed by atoms with Crippen molar-refractivity contribution in [3.05, 3.63) is 35.1 Å². The first kappa shape index (κ1) is 20.7. The second-order valence-corrected chi connectivity index (χ2v) is 9.11. The van der Waals surface area contributed by atoms with Crippen LogP contribution in [0.25, 0.3) is 0 Å². The molecule has 2 amide bonds. The van der Waals surface area contributed by atoms with E-state index < -0.39 is 33.7 Å². The number of halogens is 1. The van der Waals surface area contributed by atoms with E-state index in [4.69, 9.17) is 4.74 Å². The topological polar surface area (TPSA) is 96.0 Å². The summed E-state index contributed by atoms with van der Waals surface area (Å²) in [6, 6.07) is 3.33. The predicted octanol–water partition coefficient (Wildman–Crippen LogP) is 0.125. The lowest BCUT2D eigenvalue weighted by atomic mass is 10.1. The van der Waals surface area contributed by atoms with Crippen molar-refractivity contribution in [3.8, 4) is 0 Å². The lowest BCUT2D eigenvalue weighted by Gasteiger charge is -2.23. The third kappa shape index (κ3) is 4.18. The molecule has 0 saturated carbocycles. The minimum absolute atomic E-state index is 0.0261. The lowest BCUT2D eigenvalue weighted by molar-refractivity contribution is -0.131. The Labute approximate surface area is 163 Å². The summed E-state index contributed by atoms with van der Waals surface area (Å²) in [5, 5.41) is 2.83. The normalized spacial score (nSPS) is 24.7. The van der Waals surface area contributed by atoms with Crippen molar-refractivity contribution in [1.29, 1.82) is 0 Å². The molecule has 0 spiro atoms. The smallest absolute Gasteiger partial charge is 0.253 e. The van der Waals surface area contributed by atoms with Crippen LogP contribution in [0.2, 0.25) is 0 Å². The van der Waals surface area contributed by atoms with Gasteiger partial charge in [0, 0.05) is 31.8 Å². The summed E-state index contributed by atoms with van der Waals surface area (Å²) in [5.41, 5.74) is 0.662. The molecule has 1 N–H and O–H groups in total. The largest absolute Gasteiger partial charge is 0.383 e. The number of rotatable bonds is 5. The number of hydrogen-bond donors (Lipinski definition) is 1. The highest BCUT2D eigenvalue weighted by Crippen LogP contribution is 2.25. The van der Waals surface area contributed by atoms with Crippen LogP contribution in [-0.2, 0) is 19.6 Å². The molecule has 0 aliphatic carbocycles. The van der Waals surface area contributed by atoms with Gasteiger partial charge in [-0.25, -0.2) is 17.1 Å². The van der Waals surface area contributed by atoms with E-state index in [2.05, 4.69) is 5.32 Å². The number of sulfonamides is 1. The Morgan fingerprint density at radius 1 is 1.39 bits per heavy atom. The maximum Gasteiger partial charge on any atom is 0.253 e. The van der Waals surface area contributed by atoms with Gasteiger partial charge >= 0.3 is 0 Å². The van der Waals surface area contributed by atoms with Crippen molar-refractivity contribution in [2.24, 2.45) is 0 Å². The van der Waals surface area contributed by atoms with Gasteiger partial charge in [0.25, 0.3) is 11.8 Å². The van der Waals surface area contributed by atoms with Crippen molar-refractivity contribution in [2.45, 2.75) is 25.4 Å². The van der Waals surface area contributed by atoms with E-state index in [1.807, 2.05) is 0 Å². The van der Waals surface area contributed by atoms with Crippen LogP contribution in [-0.4, -0.2) is 80.6 Å². The predicted molar refractivity (Wildman–Crippen MR) is 99.7 cm³/mol. The SMILES string of the molecule is COCCN1C(=O)[C@@H]2C[C@H](NC(=O)c3ccc(C)c(F)c3)CN2CCS1(=O)=O. The van der Waals surface area contributed by atoms with Crippen LogP contribution < -0.4 is 5.32 Å². The molecule has 1 aromatic carbocycles. The highest BCUT2D eigenvalue weighted by Gasteiger charge is 2.45. The fraction of sp³-hybridized carbons (Fsp3) is 0.556. The summed E-state index contributed by atoms with van der Waals surface area (Å²) in [6.45, 7) is 2.29. The Kier molecular flexibility index (Phi) is 6.01. The molecule has 2 atom stereocenters. The summed E-state index contributed by atoms with van der Waals surface area (Å²) in [7, 11) is -2.24. The Morgan fingerprint density at radius 3 is 2.82 bits per heavy atom. The maximum atomic E-state index is 13.7. The summed E-state index contributed by atoms with van der Waals surface area (Å²) >= 11 is 0. The number of amides is 2. The third-order valence-electron chi connectivity index (χ3n) is 5.17. The molecule has 154 valence electrons. The highest BCUT2D eigenvalue weighted by molar-refractivity contribution is 7.89. The van der Waals surface area contributed by atoms with Gasteiger partial charge < -0.3 is 10.1 Å². The van der Waals surface area contributed by atoms with Crippen LogP contribution in [0.5, 0.6) is 0 Å². The minimum atomic E-state index is -3.68. The summed E-state index contributed by atoms with van der Waals surface area (Å²) in [5.74, 6) is -1.53. The van der Waals surface area contributed by atoms with Gasteiger partial charge in [0.05, 0.1) is 24.9 Å². The number of benzene rings is 1. The monoisotopic (exact) mass is 413 g/mol. The molecule has 2 aliphatic rings. The first-order valence-electron chi connectivity index (χ1n) is 9.07. The van der Waals surface area contributed by atoms with Gasteiger partial charge in [0.2, 0.25) is 10.0 Å². The molecule has 0 unspecified atom stereocenters. The Balaban J connectivity index is 1.70. The average Bonchev–Trinajstić information content (AvgIpc) is 3.01. The molecule has 28 heavy (non-hydrogen) atoms. The third-order valence-corrected chi connectivity index (χ3v) is 6.91. The Bertz CT molecular complexity index is 876. The molecule has 0 aromatic heterocycles. The second kappa shape index (κ2) is 8.14. The Morgan fingerprint density at radius 2 is 2.14 bits per heavy atom. The standard InChI is InChI=1S/C18H24FN3O5S/c1-12-3-4-13(9-15(12)19)17(23)20-14-10-16-18(24)22(5-7-27-2)28(25,26)8-6-21(16)11-14/h3-4,9,14,16H,5-8,10-11H2,1-2H3,(H,20,23)/t14-,16-/m0/s1. The zero-order valence-electron chi connectivity index (χ0n) is 15.9. The number of carbonyl (C=O) groups excluding carboxylic acids is 2. The van der Waals surface area contributed by atoms with Gasteiger partial charge in [-0.3, -0.25) is 14.5 Å². The molecule has 2 fully saturated rings. The summed E-state index contributed by atoms with van der Waals surface area (Å²) in [6.07, 6.45) is 0.303. The van der Waals surface area contributed by atoms with Crippen LogP contribution >= 0.6 is 0 Å². The molecule has 2 saturated heterocycles. The number of nitrogens with zero attached hydrogens (tertiary/aromatic N) is 2. The fourth-order valence-corrected chi connectivity index (χ4v) is 5.02. The van der Waals surface area contributed by atoms with E-state index in [0.717, 1.165) is 4.31 Å². The van der Waals surface area contributed by atoms with E-state index >= 15 is 0 Å². The van der Waals surface area contributed by atoms with E-state index in [0.29, 0.717) is 18.5 Å². The van der Waals surface area contributed by atoms with Gasteiger partial charge in [-0.05, 0) is 31.0 Å². The van der Waals surface area contributed by atoms with Crippen molar-refractivity contribution >= 4 is 21.8 Å². The molecule has 10 heteroatoms. The van der Waals surface area contributed by atoms with E-state index in [1.165, 1.54) is 19.2 Å². The Hall–Kier alpha value is -2.04. The van der Waals surface area contributed by atoms with Crippen LogP contribution in [0.3, 0.4) is 0 Å². The van der Waals surface area contributed by atoms with E-state index in [9.17, 15) is 22.4 Å². The maximum absolute atomic E-state index is 13.7. The van der Waals surface area contributed by atoms with Gasteiger partial charge in [0.15, 0.2) is 0 Å². The lowest BCUT2D eigenvalue weighted by Crippen LogP contribution is -2.45. The fourth-order valence-electron chi connectivity index (χ4n) is 3.58. The van der Waals surface area contributed by atoms with Gasteiger partial charge in [0.1, 0.15) is 5.82 Å². The number of nitrogens with one attached hydrogen (secondary N) is 1. The van der Waals surface area contributed by atoms with Gasteiger partial charge in [-0.1, -0.05) is 6.07 Å². The van der Waals surface area contributed by atoms with Gasteiger partial charge in [-0.15, -0.1) is 0 Å². The van der Waals surface area contributed by atoms with E-state index in [1.54, 1.807) is 17.9 Å². The van der Waals surface area contributed by atoms with Crippen LogP contribution in [0.1, 0.15) is 22.3 Å². The molecule has 8 nitrogen and oxygen atoms in total.